The van der Waals surface area contributed by atoms with Gasteiger partial charge in [-0.2, -0.15) is 0 Å². The van der Waals surface area contributed by atoms with Crippen LogP contribution in [0.25, 0.3) is 0 Å². The van der Waals surface area contributed by atoms with Crippen LogP contribution in [0.5, 0.6) is 0 Å². The number of carboxylic acid groups (broad SMARTS) is 1. The molecule has 31 heavy (non-hydrogen) atoms. The quantitative estimate of drug-likeness (QED) is 0.233. The zero-order chi connectivity index (χ0) is 23.2. The van der Waals surface area contributed by atoms with E-state index in [2.05, 4.69) is 16.0 Å². The van der Waals surface area contributed by atoms with E-state index >= 15 is 0 Å². The van der Waals surface area contributed by atoms with E-state index in [-0.39, 0.29) is 12.6 Å². The van der Waals surface area contributed by atoms with Crippen molar-refractivity contribution < 1.29 is 24.6 Å². The molecule has 1 aromatic carbocycles. The molecule has 0 aliphatic rings. The number of allylic oxidation sites excluding steroid dienone is 1. The Morgan fingerprint density at radius 3 is 2.39 bits per heavy atom. The summed E-state index contributed by atoms with van der Waals surface area (Å²) < 4.78 is 0. The molecule has 9 heteroatoms. The molecule has 2 amide bonds. The Kier molecular flexibility index (Phi) is 11.9. The molecule has 1 aromatic rings. The number of nitrogens with one attached hydrogen (secondary N) is 3. The van der Waals surface area contributed by atoms with Gasteiger partial charge in [-0.15, -0.1) is 0 Å². The molecule has 172 valence electrons. The molecule has 0 bridgehead atoms. The first kappa shape index (κ1) is 26.1. The van der Waals surface area contributed by atoms with E-state index in [1.807, 2.05) is 43.3 Å². The summed E-state index contributed by atoms with van der Waals surface area (Å²) in [6, 6.07) is 6.47. The summed E-state index contributed by atoms with van der Waals surface area (Å²) >= 11 is 0. The first-order valence-electron chi connectivity index (χ1n) is 10.4. The largest absolute Gasteiger partial charge is 0.480 e. The Labute approximate surface area is 183 Å². The number of benzene rings is 1. The Bertz CT molecular complexity index is 726. The molecule has 0 aromatic heterocycles. The minimum Gasteiger partial charge on any atom is -0.480 e. The lowest BCUT2D eigenvalue weighted by atomic mass is 9.93. The van der Waals surface area contributed by atoms with Gasteiger partial charge < -0.3 is 31.9 Å². The third-order valence-electron chi connectivity index (χ3n) is 4.94. The van der Waals surface area contributed by atoms with E-state index in [9.17, 15) is 14.4 Å². The fourth-order valence-corrected chi connectivity index (χ4v) is 3.01. The minimum absolute atomic E-state index is 0.0540. The van der Waals surface area contributed by atoms with Crippen molar-refractivity contribution in [3.63, 3.8) is 0 Å². The zero-order valence-electron chi connectivity index (χ0n) is 18.1. The highest BCUT2D eigenvalue weighted by molar-refractivity contribution is 5.91. The van der Waals surface area contributed by atoms with Crippen molar-refractivity contribution in [3.05, 3.63) is 48.2 Å². The average molecular weight is 435 g/mol. The zero-order valence-corrected chi connectivity index (χ0v) is 18.1. The van der Waals surface area contributed by atoms with Crippen LogP contribution in [-0.4, -0.2) is 52.9 Å². The maximum Gasteiger partial charge on any atom is 0.325 e. The van der Waals surface area contributed by atoms with Crippen LogP contribution < -0.4 is 21.7 Å². The summed E-state index contributed by atoms with van der Waals surface area (Å²) in [6.45, 7) is 3.15. The summed E-state index contributed by atoms with van der Waals surface area (Å²) in [4.78, 5) is 36.5. The van der Waals surface area contributed by atoms with Gasteiger partial charge in [0, 0.05) is 0 Å². The Morgan fingerprint density at radius 1 is 1.13 bits per heavy atom. The number of aliphatic hydroxyl groups is 1. The number of carbonyl (C=O) groups is 3. The molecular weight excluding hydrogens is 400 g/mol. The van der Waals surface area contributed by atoms with Crippen molar-refractivity contribution in [1.82, 2.24) is 16.0 Å². The highest BCUT2D eigenvalue weighted by atomic mass is 16.4. The number of aliphatic carboxylic acids is 1. The fourth-order valence-electron chi connectivity index (χ4n) is 3.01. The maximum absolute atomic E-state index is 12.7. The molecular formula is C22H34N4O5. The predicted octanol–water partition coefficient (Wildman–Crippen LogP) is 0.490. The first-order valence-corrected chi connectivity index (χ1v) is 10.4. The van der Waals surface area contributed by atoms with Gasteiger partial charge in [-0.05, 0) is 43.9 Å². The Balaban J connectivity index is 2.85. The summed E-state index contributed by atoms with van der Waals surface area (Å²) in [5.74, 6) is -2.15. The van der Waals surface area contributed by atoms with Crippen LogP contribution in [0.2, 0.25) is 0 Å². The molecule has 0 aliphatic heterocycles. The van der Waals surface area contributed by atoms with Gasteiger partial charge in [0.1, 0.15) is 18.8 Å². The van der Waals surface area contributed by atoms with Crippen LogP contribution in [0.4, 0.5) is 0 Å². The SMILES string of the molecule is CCC(C/C=C/NCO)C[C@@H](NC(=O)[C@@H](N)Cc1ccccc1)C(=O)N[C@@H](C)C(=O)O. The van der Waals surface area contributed by atoms with Crippen molar-refractivity contribution in [2.45, 2.75) is 57.7 Å². The lowest BCUT2D eigenvalue weighted by Crippen LogP contribution is -2.54. The normalized spacial score (nSPS) is 15.0. The van der Waals surface area contributed by atoms with Gasteiger partial charge in [0.25, 0.3) is 0 Å². The highest BCUT2D eigenvalue weighted by Gasteiger charge is 2.28. The lowest BCUT2D eigenvalue weighted by Gasteiger charge is -2.25. The van der Waals surface area contributed by atoms with Crippen molar-refractivity contribution in [1.29, 1.82) is 0 Å². The lowest BCUT2D eigenvalue weighted by molar-refractivity contribution is -0.141. The van der Waals surface area contributed by atoms with E-state index < -0.39 is 35.9 Å². The molecule has 9 nitrogen and oxygen atoms in total. The smallest absolute Gasteiger partial charge is 0.325 e. The van der Waals surface area contributed by atoms with Crippen LogP contribution in [-0.2, 0) is 20.8 Å². The van der Waals surface area contributed by atoms with Gasteiger partial charge in [0.05, 0.1) is 6.04 Å². The predicted molar refractivity (Wildman–Crippen MR) is 118 cm³/mol. The number of hydrogen-bond donors (Lipinski definition) is 6. The molecule has 1 rings (SSSR count). The van der Waals surface area contributed by atoms with E-state index in [1.165, 1.54) is 6.92 Å². The summed E-state index contributed by atoms with van der Waals surface area (Å²) in [7, 11) is 0. The fraction of sp³-hybridized carbons (Fsp3) is 0.500. The number of carboxylic acids is 1. The van der Waals surface area contributed by atoms with Crippen LogP contribution in [0.3, 0.4) is 0 Å². The van der Waals surface area contributed by atoms with Crippen molar-refractivity contribution in [2.75, 3.05) is 6.73 Å². The molecule has 0 radical (unpaired) electrons. The molecule has 0 aliphatic carbocycles. The van der Waals surface area contributed by atoms with Gasteiger partial charge in [-0.3, -0.25) is 14.4 Å². The molecule has 0 spiro atoms. The molecule has 0 fully saturated rings. The summed E-state index contributed by atoms with van der Waals surface area (Å²) in [5.41, 5.74) is 6.94. The molecule has 0 saturated carbocycles. The third kappa shape index (κ3) is 10.1. The molecule has 1 unspecified atom stereocenters. The maximum atomic E-state index is 12.7. The van der Waals surface area contributed by atoms with E-state index in [1.54, 1.807) is 6.20 Å². The van der Waals surface area contributed by atoms with Gasteiger partial charge in [0.2, 0.25) is 11.8 Å². The van der Waals surface area contributed by atoms with Gasteiger partial charge in [0.15, 0.2) is 0 Å². The van der Waals surface area contributed by atoms with Crippen molar-refractivity contribution in [2.24, 2.45) is 11.7 Å². The van der Waals surface area contributed by atoms with E-state index in [0.717, 1.165) is 12.0 Å². The Hall–Kier alpha value is -2.91. The average Bonchev–Trinajstić information content (AvgIpc) is 2.75. The first-order chi connectivity index (χ1) is 14.8. The third-order valence-corrected chi connectivity index (χ3v) is 4.94. The molecule has 4 atom stereocenters. The second-order valence-corrected chi connectivity index (χ2v) is 7.44. The highest BCUT2D eigenvalue weighted by Crippen LogP contribution is 2.17. The summed E-state index contributed by atoms with van der Waals surface area (Å²) in [6.07, 6.45) is 5.46. The minimum atomic E-state index is -1.16. The van der Waals surface area contributed by atoms with Crippen molar-refractivity contribution >= 4 is 17.8 Å². The van der Waals surface area contributed by atoms with E-state index in [0.29, 0.717) is 19.3 Å². The topological polar surface area (TPSA) is 154 Å². The molecule has 7 N–H and O–H groups in total. The van der Waals surface area contributed by atoms with Crippen molar-refractivity contribution in [3.8, 4) is 0 Å². The number of amides is 2. The molecule has 0 heterocycles. The number of nitrogens with two attached hydrogens (primary N) is 1. The number of aliphatic hydroxyl groups excluding tert-OH is 1. The van der Waals surface area contributed by atoms with E-state index in [4.69, 9.17) is 15.9 Å². The van der Waals surface area contributed by atoms with Gasteiger partial charge in [-0.25, -0.2) is 0 Å². The van der Waals surface area contributed by atoms with Gasteiger partial charge >= 0.3 is 5.97 Å². The summed E-state index contributed by atoms with van der Waals surface area (Å²) in [5, 5.41) is 25.6. The molecule has 0 saturated heterocycles. The van der Waals surface area contributed by atoms with Crippen LogP contribution in [0.15, 0.2) is 42.6 Å². The number of carbonyl (C=O) groups excluding carboxylic acids is 2. The standard InChI is InChI=1S/C22H34N4O5/c1-3-16(10-7-11-24-14-27)13-19(21(29)25-15(2)22(30)31)26-20(28)18(23)12-17-8-5-4-6-9-17/h4-9,11,15-16,18-19,24,27H,3,10,12-14,23H2,1-2H3,(H,25,29)(H,26,28)(H,30,31)/b11-7+/t15-,16?,18-,19+/m0/s1. The van der Waals surface area contributed by atoms with Crippen LogP contribution in [0, 0.1) is 5.92 Å². The second-order valence-electron chi connectivity index (χ2n) is 7.44. The van der Waals surface area contributed by atoms with Gasteiger partial charge in [-0.1, -0.05) is 49.8 Å². The Morgan fingerprint density at radius 2 is 1.81 bits per heavy atom. The number of hydrogen-bond acceptors (Lipinski definition) is 6. The second kappa shape index (κ2) is 14.2. The number of rotatable bonds is 14. The van der Waals surface area contributed by atoms with Crippen LogP contribution >= 0.6 is 0 Å². The van der Waals surface area contributed by atoms with Crippen LogP contribution in [0.1, 0.15) is 38.7 Å². The monoisotopic (exact) mass is 434 g/mol.